The Morgan fingerprint density at radius 1 is 1.33 bits per heavy atom. The zero-order valence-electron chi connectivity index (χ0n) is 12.5. The fourth-order valence-electron chi connectivity index (χ4n) is 2.52. The molecule has 1 aromatic heterocycles. The van der Waals surface area contributed by atoms with Gasteiger partial charge in [0.05, 0.1) is 6.10 Å². The third-order valence-electron chi connectivity index (χ3n) is 3.51. The number of fused-ring (bicyclic) bond motifs is 1. The van der Waals surface area contributed by atoms with Gasteiger partial charge in [-0.15, -0.1) is 0 Å². The highest BCUT2D eigenvalue weighted by molar-refractivity contribution is 5.51. The lowest BCUT2D eigenvalue weighted by atomic mass is 10.0. The SMILES string of the molecule is C[C@H](O)c1ccnc(Oc2cccc3c2OC(C)(C)C3)c1. The van der Waals surface area contributed by atoms with E-state index in [9.17, 15) is 5.11 Å². The molecule has 0 saturated carbocycles. The molecule has 4 heteroatoms. The average molecular weight is 285 g/mol. The van der Waals surface area contributed by atoms with Crippen molar-refractivity contribution in [3.63, 3.8) is 0 Å². The molecule has 0 radical (unpaired) electrons. The number of aliphatic hydroxyl groups excluding tert-OH is 1. The van der Waals surface area contributed by atoms with Gasteiger partial charge in [0.15, 0.2) is 11.5 Å². The van der Waals surface area contributed by atoms with Crippen LogP contribution in [0.5, 0.6) is 17.4 Å². The van der Waals surface area contributed by atoms with E-state index >= 15 is 0 Å². The molecule has 0 amide bonds. The first-order valence-electron chi connectivity index (χ1n) is 7.07. The smallest absolute Gasteiger partial charge is 0.219 e. The second-order valence-corrected chi connectivity index (χ2v) is 5.99. The number of hydrogen-bond donors (Lipinski definition) is 1. The number of hydrogen-bond acceptors (Lipinski definition) is 4. The number of pyridine rings is 1. The maximum atomic E-state index is 9.63. The minimum absolute atomic E-state index is 0.212. The van der Waals surface area contributed by atoms with Crippen LogP contribution in [0.3, 0.4) is 0 Å². The van der Waals surface area contributed by atoms with Gasteiger partial charge in [-0.25, -0.2) is 4.98 Å². The van der Waals surface area contributed by atoms with Crippen molar-refractivity contribution in [2.75, 3.05) is 0 Å². The van der Waals surface area contributed by atoms with Crippen LogP contribution in [0, 0.1) is 0 Å². The molecule has 1 aliphatic heterocycles. The summed E-state index contributed by atoms with van der Waals surface area (Å²) in [5, 5.41) is 9.63. The molecule has 1 aliphatic rings. The highest BCUT2D eigenvalue weighted by atomic mass is 16.5. The standard InChI is InChI=1S/C17H19NO3/c1-11(19)12-7-8-18-15(9-12)20-14-6-4-5-13-10-17(2,3)21-16(13)14/h4-9,11,19H,10H2,1-3H3/t11-/m0/s1. The van der Waals surface area contributed by atoms with Crippen LogP contribution in [0.25, 0.3) is 0 Å². The van der Waals surface area contributed by atoms with Gasteiger partial charge in [-0.2, -0.15) is 0 Å². The largest absolute Gasteiger partial charge is 0.483 e. The first-order chi connectivity index (χ1) is 9.94. The van der Waals surface area contributed by atoms with Crippen molar-refractivity contribution in [3.8, 4) is 17.4 Å². The van der Waals surface area contributed by atoms with Gasteiger partial charge in [0.2, 0.25) is 5.88 Å². The molecule has 0 fully saturated rings. The number of rotatable bonds is 3. The summed E-state index contributed by atoms with van der Waals surface area (Å²) in [6, 6.07) is 9.39. The predicted molar refractivity (Wildman–Crippen MR) is 79.8 cm³/mol. The van der Waals surface area contributed by atoms with E-state index in [1.54, 1.807) is 25.3 Å². The molecule has 0 unspecified atom stereocenters. The van der Waals surface area contributed by atoms with Crippen molar-refractivity contribution in [1.82, 2.24) is 4.98 Å². The fraction of sp³-hybridized carbons (Fsp3) is 0.353. The van der Waals surface area contributed by atoms with Gasteiger partial charge < -0.3 is 14.6 Å². The predicted octanol–water partition coefficient (Wildman–Crippen LogP) is 3.64. The molecular weight excluding hydrogens is 266 g/mol. The topological polar surface area (TPSA) is 51.6 Å². The Morgan fingerprint density at radius 3 is 2.90 bits per heavy atom. The Hall–Kier alpha value is -2.07. The lowest BCUT2D eigenvalue weighted by Gasteiger charge is -2.18. The van der Waals surface area contributed by atoms with Crippen molar-refractivity contribution in [1.29, 1.82) is 0 Å². The van der Waals surface area contributed by atoms with Gasteiger partial charge >= 0.3 is 0 Å². The second kappa shape index (κ2) is 5.04. The summed E-state index contributed by atoms with van der Waals surface area (Å²) in [5.41, 5.74) is 1.70. The Balaban J connectivity index is 1.90. The van der Waals surface area contributed by atoms with Crippen LogP contribution in [0.2, 0.25) is 0 Å². The summed E-state index contributed by atoms with van der Waals surface area (Å²) >= 11 is 0. The maximum Gasteiger partial charge on any atom is 0.219 e. The zero-order chi connectivity index (χ0) is 15.0. The van der Waals surface area contributed by atoms with Gasteiger partial charge in [-0.1, -0.05) is 12.1 Å². The molecule has 0 spiro atoms. The Kier molecular flexibility index (Phi) is 3.33. The van der Waals surface area contributed by atoms with Crippen LogP contribution in [-0.4, -0.2) is 15.7 Å². The van der Waals surface area contributed by atoms with E-state index in [0.29, 0.717) is 11.6 Å². The molecule has 0 saturated heterocycles. The van der Waals surface area contributed by atoms with Crippen LogP contribution < -0.4 is 9.47 Å². The lowest BCUT2D eigenvalue weighted by molar-refractivity contribution is 0.135. The van der Waals surface area contributed by atoms with E-state index in [1.807, 2.05) is 12.1 Å². The van der Waals surface area contributed by atoms with Gasteiger partial charge in [0, 0.05) is 24.2 Å². The van der Waals surface area contributed by atoms with Crippen LogP contribution in [0.1, 0.15) is 38.0 Å². The molecule has 1 atom stereocenters. The number of aromatic nitrogens is 1. The molecule has 21 heavy (non-hydrogen) atoms. The number of nitrogens with zero attached hydrogens (tertiary/aromatic N) is 1. The van der Waals surface area contributed by atoms with E-state index < -0.39 is 6.10 Å². The molecular formula is C17H19NO3. The number of benzene rings is 1. The minimum Gasteiger partial charge on any atom is -0.483 e. The Morgan fingerprint density at radius 2 is 2.14 bits per heavy atom. The monoisotopic (exact) mass is 285 g/mol. The zero-order valence-corrected chi connectivity index (χ0v) is 12.5. The molecule has 4 nitrogen and oxygen atoms in total. The van der Waals surface area contributed by atoms with E-state index in [0.717, 1.165) is 23.3 Å². The second-order valence-electron chi connectivity index (χ2n) is 5.99. The minimum atomic E-state index is -0.549. The summed E-state index contributed by atoms with van der Waals surface area (Å²) in [4.78, 5) is 4.19. The van der Waals surface area contributed by atoms with Crippen molar-refractivity contribution in [2.45, 2.75) is 38.9 Å². The Bertz CT molecular complexity index is 665. The third kappa shape index (κ3) is 2.85. The summed E-state index contributed by atoms with van der Waals surface area (Å²) in [6.07, 6.45) is 1.94. The quantitative estimate of drug-likeness (QED) is 0.935. The molecule has 0 bridgehead atoms. The Labute approximate surface area is 124 Å². The van der Waals surface area contributed by atoms with Crippen LogP contribution in [0.4, 0.5) is 0 Å². The summed E-state index contributed by atoms with van der Waals surface area (Å²) in [5.74, 6) is 1.90. The van der Waals surface area contributed by atoms with E-state index in [-0.39, 0.29) is 5.60 Å². The maximum absolute atomic E-state index is 9.63. The summed E-state index contributed by atoms with van der Waals surface area (Å²) < 4.78 is 11.8. The van der Waals surface area contributed by atoms with Crippen molar-refractivity contribution in [3.05, 3.63) is 47.7 Å². The molecule has 2 aromatic rings. The van der Waals surface area contributed by atoms with Crippen LogP contribution in [-0.2, 0) is 6.42 Å². The first kappa shape index (κ1) is 13.9. The highest BCUT2D eigenvalue weighted by Gasteiger charge is 2.32. The average Bonchev–Trinajstić information content (AvgIpc) is 2.74. The lowest BCUT2D eigenvalue weighted by Crippen LogP contribution is -2.24. The van der Waals surface area contributed by atoms with Crippen molar-refractivity contribution >= 4 is 0 Å². The van der Waals surface area contributed by atoms with Crippen molar-refractivity contribution < 1.29 is 14.6 Å². The highest BCUT2D eigenvalue weighted by Crippen LogP contribution is 2.43. The third-order valence-corrected chi connectivity index (χ3v) is 3.51. The van der Waals surface area contributed by atoms with Gasteiger partial charge in [0.25, 0.3) is 0 Å². The number of ether oxygens (including phenoxy) is 2. The normalized spacial score (nSPS) is 17.0. The number of para-hydroxylation sites is 1. The molecule has 3 rings (SSSR count). The van der Waals surface area contributed by atoms with Gasteiger partial charge in [-0.05, 0) is 38.5 Å². The van der Waals surface area contributed by atoms with E-state index in [2.05, 4.69) is 24.9 Å². The fourth-order valence-corrected chi connectivity index (χ4v) is 2.52. The molecule has 110 valence electrons. The van der Waals surface area contributed by atoms with E-state index in [1.165, 1.54) is 0 Å². The van der Waals surface area contributed by atoms with Crippen molar-refractivity contribution in [2.24, 2.45) is 0 Å². The first-order valence-corrected chi connectivity index (χ1v) is 7.07. The summed E-state index contributed by atoms with van der Waals surface area (Å²) in [7, 11) is 0. The van der Waals surface area contributed by atoms with E-state index in [4.69, 9.17) is 9.47 Å². The molecule has 1 aromatic carbocycles. The van der Waals surface area contributed by atoms with Gasteiger partial charge in [0.1, 0.15) is 5.60 Å². The molecule has 1 N–H and O–H groups in total. The van der Waals surface area contributed by atoms with Gasteiger partial charge in [-0.3, -0.25) is 0 Å². The molecule has 0 aliphatic carbocycles. The summed E-state index contributed by atoms with van der Waals surface area (Å²) in [6.45, 7) is 5.83. The number of aliphatic hydroxyl groups is 1. The molecule has 2 heterocycles. The van der Waals surface area contributed by atoms with Crippen LogP contribution in [0.15, 0.2) is 36.5 Å². The van der Waals surface area contributed by atoms with Crippen LogP contribution >= 0.6 is 0 Å².